The molecule has 0 atom stereocenters. The molecule has 2 aromatic rings. The van der Waals surface area contributed by atoms with Crippen molar-refractivity contribution in [2.45, 2.75) is 0 Å². The van der Waals surface area contributed by atoms with E-state index in [0.29, 0.717) is 5.76 Å². The van der Waals surface area contributed by atoms with Crippen molar-refractivity contribution in [1.82, 2.24) is 4.98 Å². The number of rotatable bonds is 1. The van der Waals surface area contributed by atoms with Gasteiger partial charge >= 0.3 is 0 Å². The van der Waals surface area contributed by atoms with E-state index in [2.05, 4.69) is 20.9 Å². The second-order valence-electron chi connectivity index (χ2n) is 2.48. The molecule has 0 aliphatic rings. The van der Waals surface area contributed by atoms with E-state index in [1.54, 1.807) is 6.20 Å². The first-order chi connectivity index (χ1) is 6.25. The van der Waals surface area contributed by atoms with Gasteiger partial charge < -0.3 is 4.42 Å². The number of oxazole rings is 1. The van der Waals surface area contributed by atoms with E-state index >= 15 is 0 Å². The van der Waals surface area contributed by atoms with Crippen LogP contribution in [0.2, 0.25) is 5.35 Å². The molecular weight excluding hydrogens is 253 g/mol. The lowest BCUT2D eigenvalue weighted by Crippen LogP contribution is -1.71. The highest BCUT2D eigenvalue weighted by Gasteiger charge is 2.03. The van der Waals surface area contributed by atoms with Crippen molar-refractivity contribution in [3.05, 3.63) is 40.3 Å². The zero-order chi connectivity index (χ0) is 9.26. The van der Waals surface area contributed by atoms with Gasteiger partial charge in [0.1, 0.15) is 0 Å². The first-order valence-corrected chi connectivity index (χ1v) is 4.80. The van der Waals surface area contributed by atoms with Crippen LogP contribution in [0.3, 0.4) is 0 Å². The summed E-state index contributed by atoms with van der Waals surface area (Å²) in [4.78, 5) is 3.80. The maximum absolute atomic E-state index is 5.55. The smallest absolute Gasteiger partial charge is 0.292 e. The summed E-state index contributed by atoms with van der Waals surface area (Å²) in [7, 11) is 0. The summed E-state index contributed by atoms with van der Waals surface area (Å²) in [5.41, 5.74) is 0.961. The Balaban J connectivity index is 2.41. The molecule has 0 radical (unpaired) electrons. The summed E-state index contributed by atoms with van der Waals surface area (Å²) in [6.07, 6.45) is 1.60. The zero-order valence-corrected chi connectivity index (χ0v) is 8.84. The Morgan fingerprint density at radius 1 is 1.23 bits per heavy atom. The monoisotopic (exact) mass is 257 g/mol. The fraction of sp³-hybridized carbons (Fsp3) is 0. The van der Waals surface area contributed by atoms with Crippen LogP contribution in [-0.4, -0.2) is 4.98 Å². The highest BCUT2D eigenvalue weighted by atomic mass is 79.9. The van der Waals surface area contributed by atoms with Crippen molar-refractivity contribution < 1.29 is 4.42 Å². The second kappa shape index (κ2) is 3.52. The van der Waals surface area contributed by atoms with Crippen LogP contribution >= 0.6 is 27.5 Å². The highest BCUT2D eigenvalue weighted by Crippen LogP contribution is 2.23. The molecule has 0 N–H and O–H groups in total. The summed E-state index contributed by atoms with van der Waals surface area (Å²) in [5.74, 6) is 0.678. The quantitative estimate of drug-likeness (QED) is 0.778. The second-order valence-corrected chi connectivity index (χ2v) is 3.72. The van der Waals surface area contributed by atoms with Gasteiger partial charge in [-0.1, -0.05) is 28.1 Å². The van der Waals surface area contributed by atoms with Gasteiger partial charge in [0.25, 0.3) is 5.35 Å². The Hall–Kier alpha value is -0.800. The first kappa shape index (κ1) is 8.78. The minimum absolute atomic E-state index is 0.165. The van der Waals surface area contributed by atoms with Crippen molar-refractivity contribution in [1.29, 1.82) is 0 Å². The Bertz CT molecular complexity index is 410. The topological polar surface area (TPSA) is 26.0 Å². The minimum Gasteiger partial charge on any atom is -0.428 e. The lowest BCUT2D eigenvalue weighted by atomic mass is 10.2. The number of nitrogens with zero attached hydrogens (tertiary/aromatic N) is 1. The highest BCUT2D eigenvalue weighted by molar-refractivity contribution is 9.10. The van der Waals surface area contributed by atoms with Crippen LogP contribution in [0.15, 0.2) is 39.4 Å². The van der Waals surface area contributed by atoms with E-state index < -0.39 is 0 Å². The van der Waals surface area contributed by atoms with Crippen molar-refractivity contribution >= 4 is 27.5 Å². The number of hydrogen-bond donors (Lipinski definition) is 0. The average Bonchev–Trinajstić information content (AvgIpc) is 2.53. The molecule has 2 rings (SSSR count). The fourth-order valence-corrected chi connectivity index (χ4v) is 1.40. The third-order valence-corrected chi connectivity index (χ3v) is 2.31. The Morgan fingerprint density at radius 2 is 1.92 bits per heavy atom. The van der Waals surface area contributed by atoms with Gasteiger partial charge in [0.15, 0.2) is 5.76 Å². The molecule has 1 heterocycles. The molecule has 2 nitrogen and oxygen atoms in total. The van der Waals surface area contributed by atoms with Gasteiger partial charge in [0.05, 0.1) is 6.20 Å². The van der Waals surface area contributed by atoms with Crippen molar-refractivity contribution in [3.63, 3.8) is 0 Å². The molecule has 0 bridgehead atoms. The molecule has 0 aliphatic heterocycles. The Morgan fingerprint density at radius 3 is 2.46 bits per heavy atom. The minimum atomic E-state index is 0.165. The molecule has 0 saturated carbocycles. The van der Waals surface area contributed by atoms with Crippen LogP contribution in [0.4, 0.5) is 0 Å². The first-order valence-electron chi connectivity index (χ1n) is 3.63. The van der Waals surface area contributed by atoms with Crippen molar-refractivity contribution in [3.8, 4) is 11.3 Å². The summed E-state index contributed by atoms with van der Waals surface area (Å²) in [5, 5.41) is 0.165. The van der Waals surface area contributed by atoms with Crippen LogP contribution in [0.25, 0.3) is 11.3 Å². The molecule has 1 aromatic heterocycles. The summed E-state index contributed by atoms with van der Waals surface area (Å²) in [6, 6.07) is 7.74. The molecule has 1 aromatic carbocycles. The molecule has 0 unspecified atom stereocenters. The van der Waals surface area contributed by atoms with Gasteiger partial charge in [-0.15, -0.1) is 0 Å². The largest absolute Gasteiger partial charge is 0.428 e. The molecule has 4 heteroatoms. The predicted octanol–water partition coefficient (Wildman–Crippen LogP) is 3.76. The molecule has 0 aliphatic carbocycles. The van der Waals surface area contributed by atoms with Gasteiger partial charge in [-0.2, -0.15) is 0 Å². The van der Waals surface area contributed by atoms with Gasteiger partial charge in [0, 0.05) is 10.0 Å². The van der Waals surface area contributed by atoms with Crippen LogP contribution in [0.5, 0.6) is 0 Å². The average molecular weight is 259 g/mol. The third kappa shape index (κ3) is 1.92. The van der Waals surface area contributed by atoms with Crippen LogP contribution < -0.4 is 0 Å². The summed E-state index contributed by atoms with van der Waals surface area (Å²) >= 11 is 8.91. The third-order valence-electron chi connectivity index (χ3n) is 1.61. The standard InChI is InChI=1S/C9H5BrClNO/c10-7-3-1-6(2-4-7)8-5-12-9(11)13-8/h1-5H. The molecule has 0 saturated heterocycles. The number of halogens is 2. The lowest BCUT2D eigenvalue weighted by molar-refractivity contribution is 0.574. The van der Waals surface area contributed by atoms with Crippen molar-refractivity contribution in [2.24, 2.45) is 0 Å². The van der Waals surface area contributed by atoms with E-state index in [0.717, 1.165) is 10.0 Å². The molecule has 0 fully saturated rings. The number of aromatic nitrogens is 1. The normalized spacial score (nSPS) is 10.3. The SMILES string of the molecule is Clc1ncc(-c2ccc(Br)cc2)o1. The summed E-state index contributed by atoms with van der Waals surface area (Å²) < 4.78 is 6.18. The maximum atomic E-state index is 5.55. The van der Waals surface area contributed by atoms with E-state index in [1.165, 1.54) is 0 Å². The predicted molar refractivity (Wildman–Crippen MR) is 54.6 cm³/mol. The van der Waals surface area contributed by atoms with Gasteiger partial charge in [0.2, 0.25) is 0 Å². The number of benzene rings is 1. The molecular formula is C9H5BrClNO. The molecule has 0 amide bonds. The van der Waals surface area contributed by atoms with Gasteiger partial charge in [-0.3, -0.25) is 0 Å². The van der Waals surface area contributed by atoms with Crippen LogP contribution in [0, 0.1) is 0 Å². The van der Waals surface area contributed by atoms with Crippen LogP contribution in [-0.2, 0) is 0 Å². The van der Waals surface area contributed by atoms with Crippen molar-refractivity contribution in [2.75, 3.05) is 0 Å². The van der Waals surface area contributed by atoms with E-state index in [4.69, 9.17) is 16.0 Å². The fourth-order valence-electron chi connectivity index (χ4n) is 1.00. The van der Waals surface area contributed by atoms with Gasteiger partial charge in [-0.25, -0.2) is 4.98 Å². The molecule has 13 heavy (non-hydrogen) atoms. The lowest BCUT2D eigenvalue weighted by Gasteiger charge is -1.94. The van der Waals surface area contributed by atoms with Gasteiger partial charge in [-0.05, 0) is 23.7 Å². The number of hydrogen-bond acceptors (Lipinski definition) is 2. The summed E-state index contributed by atoms with van der Waals surface area (Å²) in [6.45, 7) is 0. The molecule has 66 valence electrons. The Labute approximate surface area is 88.7 Å². The maximum Gasteiger partial charge on any atom is 0.292 e. The van der Waals surface area contributed by atoms with E-state index in [1.807, 2.05) is 24.3 Å². The van der Waals surface area contributed by atoms with Crippen LogP contribution in [0.1, 0.15) is 0 Å². The van der Waals surface area contributed by atoms with E-state index in [9.17, 15) is 0 Å². The van der Waals surface area contributed by atoms with E-state index in [-0.39, 0.29) is 5.35 Å². The Kier molecular flexibility index (Phi) is 2.38. The molecule has 0 spiro atoms. The zero-order valence-electron chi connectivity index (χ0n) is 6.50.